The predicted molar refractivity (Wildman–Crippen MR) is 29.2 cm³/mol. The average Bonchev–Trinajstić information content (AvgIpc) is 1.98. The Kier molecular flexibility index (Phi) is 0.967. The van der Waals surface area contributed by atoms with Crippen molar-refractivity contribution in [3.63, 3.8) is 0 Å². The molecule has 0 amide bonds. The molecule has 8 heavy (non-hydrogen) atoms. The maximum atomic E-state index is 10.4. The van der Waals surface area contributed by atoms with Gasteiger partial charge in [-0.3, -0.25) is 4.57 Å². The largest absolute Gasteiger partial charge is 0.342 e. The van der Waals surface area contributed by atoms with Crippen molar-refractivity contribution in [2.45, 2.75) is 0 Å². The minimum absolute atomic E-state index is 0.204. The Morgan fingerprint density at radius 3 is 2.62 bits per heavy atom. The Hall–Kier alpha value is -0.995. The maximum absolute atomic E-state index is 10.4. The third kappa shape index (κ3) is 0.557. The van der Waals surface area contributed by atoms with Crippen molar-refractivity contribution in [1.82, 2.24) is 14.8 Å². The van der Waals surface area contributed by atoms with Crippen molar-refractivity contribution in [2.24, 2.45) is 7.05 Å². The van der Waals surface area contributed by atoms with E-state index in [2.05, 4.69) is 10.2 Å². The molecule has 0 spiro atoms. The first-order valence-electron chi connectivity index (χ1n) is 2.08. The minimum Gasteiger partial charge on any atom is -0.292 e. The predicted octanol–water partition coefficient (Wildman–Crippen LogP) is -2.10. The molecule has 0 atom stereocenters. The zero-order chi connectivity index (χ0) is 6.15. The molecular formula is C3H4BN3O. The van der Waals surface area contributed by atoms with E-state index in [-0.39, 0.29) is 11.4 Å². The van der Waals surface area contributed by atoms with Gasteiger partial charge in [0.2, 0.25) is 0 Å². The number of hydrogen-bond acceptors (Lipinski definition) is 2. The number of aromatic nitrogens is 3. The Labute approximate surface area is 46.9 Å². The highest BCUT2D eigenvalue weighted by molar-refractivity contribution is 6.29. The third-order valence-corrected chi connectivity index (χ3v) is 0.914. The van der Waals surface area contributed by atoms with E-state index in [9.17, 15) is 4.79 Å². The lowest BCUT2D eigenvalue weighted by molar-refractivity contribution is 0.882. The molecule has 1 rings (SSSR count). The van der Waals surface area contributed by atoms with E-state index in [0.29, 0.717) is 0 Å². The van der Waals surface area contributed by atoms with Crippen molar-refractivity contribution in [2.75, 3.05) is 0 Å². The summed E-state index contributed by atoms with van der Waals surface area (Å²) in [5.74, 6) is 0. The van der Waals surface area contributed by atoms with Crippen LogP contribution < -0.4 is 11.4 Å². The molecule has 0 aromatic carbocycles. The van der Waals surface area contributed by atoms with Crippen LogP contribution in [0.5, 0.6) is 0 Å². The summed E-state index contributed by atoms with van der Waals surface area (Å²) in [6, 6.07) is 0. The van der Waals surface area contributed by atoms with Crippen molar-refractivity contribution < 1.29 is 0 Å². The van der Waals surface area contributed by atoms with Gasteiger partial charge in [-0.15, -0.1) is 0 Å². The van der Waals surface area contributed by atoms with Crippen molar-refractivity contribution in [1.29, 1.82) is 0 Å². The van der Waals surface area contributed by atoms with E-state index in [0.717, 1.165) is 0 Å². The summed E-state index contributed by atoms with van der Waals surface area (Å²) in [6.07, 6.45) is 0. The molecule has 0 saturated heterocycles. The molecule has 1 N–H and O–H groups in total. The first kappa shape index (κ1) is 5.15. The van der Waals surface area contributed by atoms with Crippen LogP contribution in [-0.2, 0) is 7.05 Å². The summed E-state index contributed by atoms with van der Waals surface area (Å²) in [6.45, 7) is 0. The molecule has 0 bridgehead atoms. The summed E-state index contributed by atoms with van der Waals surface area (Å²) in [5.41, 5.74) is -0.0856. The Balaban J connectivity index is 3.41. The Morgan fingerprint density at radius 1 is 1.88 bits per heavy atom. The lowest BCUT2D eigenvalue weighted by Gasteiger charge is -1.84. The van der Waals surface area contributed by atoms with Gasteiger partial charge < -0.3 is 0 Å². The van der Waals surface area contributed by atoms with Crippen LogP contribution in [0.3, 0.4) is 0 Å². The summed E-state index contributed by atoms with van der Waals surface area (Å²) < 4.78 is 1.22. The second kappa shape index (κ2) is 1.50. The fourth-order valence-electron chi connectivity index (χ4n) is 0.359. The number of hydrogen-bond donors (Lipinski definition) is 1. The van der Waals surface area contributed by atoms with Crippen LogP contribution >= 0.6 is 0 Å². The smallest absolute Gasteiger partial charge is 0.292 e. The Morgan fingerprint density at radius 2 is 2.50 bits per heavy atom. The molecule has 1 aromatic heterocycles. The quantitative estimate of drug-likeness (QED) is 0.388. The van der Waals surface area contributed by atoms with Gasteiger partial charge in [-0.25, -0.2) is 9.89 Å². The van der Waals surface area contributed by atoms with Gasteiger partial charge in [0, 0.05) is 7.05 Å². The topological polar surface area (TPSA) is 50.7 Å². The van der Waals surface area contributed by atoms with Gasteiger partial charge in [0.1, 0.15) is 0 Å². The number of nitrogens with zero attached hydrogens (tertiary/aromatic N) is 2. The summed E-state index contributed by atoms with van der Waals surface area (Å²) in [4.78, 5) is 10.4. The summed E-state index contributed by atoms with van der Waals surface area (Å²) in [7, 11) is 6.70. The number of aromatic amines is 1. The van der Waals surface area contributed by atoms with Crippen LogP contribution in [0.25, 0.3) is 0 Å². The first-order valence-corrected chi connectivity index (χ1v) is 2.08. The van der Waals surface area contributed by atoms with E-state index < -0.39 is 0 Å². The van der Waals surface area contributed by atoms with Gasteiger partial charge in [0.05, 0.1) is 5.72 Å². The second-order valence-corrected chi connectivity index (χ2v) is 1.45. The van der Waals surface area contributed by atoms with Gasteiger partial charge in [-0.1, -0.05) is 0 Å². The van der Waals surface area contributed by atoms with Gasteiger partial charge in [-0.2, -0.15) is 5.10 Å². The van der Waals surface area contributed by atoms with E-state index in [1.165, 1.54) is 4.57 Å². The van der Waals surface area contributed by atoms with Crippen LogP contribution in [0.15, 0.2) is 4.79 Å². The van der Waals surface area contributed by atoms with Crippen LogP contribution in [0.2, 0.25) is 0 Å². The van der Waals surface area contributed by atoms with Crippen LogP contribution in [0, 0.1) is 0 Å². The van der Waals surface area contributed by atoms with E-state index in [1.54, 1.807) is 7.05 Å². The van der Waals surface area contributed by atoms with Gasteiger partial charge >= 0.3 is 5.69 Å². The molecule has 1 heterocycles. The third-order valence-electron chi connectivity index (χ3n) is 0.914. The average molecular weight is 109 g/mol. The molecule has 40 valence electrons. The van der Waals surface area contributed by atoms with Crippen LogP contribution in [-0.4, -0.2) is 22.6 Å². The van der Waals surface area contributed by atoms with Crippen LogP contribution in [0.1, 0.15) is 0 Å². The highest BCUT2D eigenvalue weighted by Crippen LogP contribution is 1.52. The number of nitrogens with one attached hydrogen (secondary N) is 1. The van der Waals surface area contributed by atoms with Gasteiger partial charge in [-0.05, 0) is 0 Å². The molecule has 1 aromatic rings. The molecular weight excluding hydrogens is 105 g/mol. The zero-order valence-electron chi connectivity index (χ0n) is 4.38. The van der Waals surface area contributed by atoms with Gasteiger partial charge in [0.15, 0.2) is 7.85 Å². The highest BCUT2D eigenvalue weighted by Gasteiger charge is 1.92. The van der Waals surface area contributed by atoms with Crippen LogP contribution in [0.4, 0.5) is 0 Å². The molecule has 5 heteroatoms. The lowest BCUT2D eigenvalue weighted by Crippen LogP contribution is -2.23. The van der Waals surface area contributed by atoms with Gasteiger partial charge in [0.25, 0.3) is 0 Å². The monoisotopic (exact) mass is 109 g/mol. The minimum atomic E-state index is -0.289. The fourth-order valence-corrected chi connectivity index (χ4v) is 0.359. The lowest BCUT2D eigenvalue weighted by atomic mass is 10.1. The molecule has 0 fully saturated rings. The second-order valence-electron chi connectivity index (χ2n) is 1.45. The number of H-pyrrole nitrogens is 1. The standard InChI is InChI=1S/C3H4BN3O/c1-7-2(4)5-6-3(7)8/h1H3,(H,6,8). The van der Waals surface area contributed by atoms with E-state index >= 15 is 0 Å². The zero-order valence-corrected chi connectivity index (χ0v) is 4.38. The molecule has 0 saturated carbocycles. The van der Waals surface area contributed by atoms with Crippen molar-refractivity contribution in [3.05, 3.63) is 10.5 Å². The molecule has 0 aliphatic carbocycles. The number of rotatable bonds is 0. The first-order chi connectivity index (χ1) is 3.72. The summed E-state index contributed by atoms with van der Waals surface area (Å²) in [5, 5.41) is 5.59. The molecule has 0 aliphatic heterocycles. The molecule has 2 radical (unpaired) electrons. The normalized spacial score (nSPS) is 9.62. The van der Waals surface area contributed by atoms with E-state index in [4.69, 9.17) is 7.85 Å². The van der Waals surface area contributed by atoms with Crippen molar-refractivity contribution in [3.8, 4) is 0 Å². The highest BCUT2D eigenvalue weighted by atomic mass is 16.1. The Bertz CT molecular complexity index is 237. The molecule has 0 unspecified atom stereocenters. The maximum Gasteiger partial charge on any atom is 0.342 e. The van der Waals surface area contributed by atoms with E-state index in [1.807, 2.05) is 0 Å². The fraction of sp³-hybridized carbons (Fsp3) is 0.333. The van der Waals surface area contributed by atoms with Crippen molar-refractivity contribution >= 4 is 13.6 Å². The molecule has 0 aliphatic rings. The summed E-state index contributed by atoms with van der Waals surface area (Å²) >= 11 is 0. The SMILES string of the molecule is [B]c1n[nH]c(=O)n1C. The molecule has 4 nitrogen and oxygen atoms in total.